The van der Waals surface area contributed by atoms with Crippen LogP contribution in [0.3, 0.4) is 0 Å². The van der Waals surface area contributed by atoms with E-state index in [1.54, 1.807) is 6.07 Å². The molecule has 0 amide bonds. The minimum atomic E-state index is -0.369. The number of nitrogens with one attached hydrogen (secondary N) is 1. The van der Waals surface area contributed by atoms with E-state index in [9.17, 15) is 4.39 Å². The van der Waals surface area contributed by atoms with Crippen molar-refractivity contribution in [2.75, 3.05) is 7.05 Å². The number of aryl methyl sites for hydroxylation is 1. The second kappa shape index (κ2) is 6.70. The Hall–Kier alpha value is -0.900. The first kappa shape index (κ1) is 15.5. The quantitative estimate of drug-likeness (QED) is 0.808. The van der Waals surface area contributed by atoms with Crippen molar-refractivity contribution in [3.05, 3.63) is 68.4 Å². The maximum atomic E-state index is 13.5. The van der Waals surface area contributed by atoms with Crippen LogP contribution in [-0.4, -0.2) is 7.05 Å². The van der Waals surface area contributed by atoms with Gasteiger partial charge in [-0.1, -0.05) is 45.7 Å². The third-order valence-corrected chi connectivity index (χ3v) is 4.33. The molecule has 0 aliphatic rings. The van der Waals surface area contributed by atoms with Gasteiger partial charge in [0, 0.05) is 10.5 Å². The van der Waals surface area contributed by atoms with Crippen molar-refractivity contribution in [3.63, 3.8) is 0 Å². The average Bonchev–Trinajstić information content (AvgIpc) is 2.41. The summed E-state index contributed by atoms with van der Waals surface area (Å²) < 4.78 is 14.6. The molecule has 0 aromatic heterocycles. The normalized spacial score (nSPS) is 12.4. The zero-order chi connectivity index (χ0) is 14.7. The summed E-state index contributed by atoms with van der Waals surface area (Å²) in [6, 6.07) is 11.2. The molecule has 1 N–H and O–H groups in total. The molecule has 0 radical (unpaired) electrons. The second-order valence-corrected chi connectivity index (χ2v) is 6.05. The Morgan fingerprint density at radius 2 is 2.05 bits per heavy atom. The van der Waals surface area contributed by atoms with E-state index in [1.165, 1.54) is 17.2 Å². The first-order valence-electron chi connectivity index (χ1n) is 6.39. The van der Waals surface area contributed by atoms with Crippen molar-refractivity contribution in [2.24, 2.45) is 0 Å². The molecule has 1 atom stereocenters. The molecule has 1 unspecified atom stereocenters. The van der Waals surface area contributed by atoms with Gasteiger partial charge in [0.1, 0.15) is 5.82 Å². The van der Waals surface area contributed by atoms with Crippen LogP contribution in [0.5, 0.6) is 0 Å². The predicted octanol–water partition coefficient (Wildman–Crippen LogP) is 5.05. The minimum absolute atomic E-state index is 0.0994. The highest BCUT2D eigenvalue weighted by Crippen LogP contribution is 2.28. The SMILES string of the molecule is CNC(Cc1cccc(F)c1Cl)c1ccc(Br)cc1C. The van der Waals surface area contributed by atoms with Gasteiger partial charge < -0.3 is 5.32 Å². The lowest BCUT2D eigenvalue weighted by molar-refractivity contribution is 0.582. The Labute approximate surface area is 132 Å². The van der Waals surface area contributed by atoms with E-state index >= 15 is 0 Å². The minimum Gasteiger partial charge on any atom is -0.313 e. The van der Waals surface area contributed by atoms with E-state index in [4.69, 9.17) is 11.6 Å². The van der Waals surface area contributed by atoms with Gasteiger partial charge in [0.05, 0.1) is 5.02 Å². The Bertz CT molecular complexity index is 615. The first-order chi connectivity index (χ1) is 9.52. The fraction of sp³-hybridized carbons (Fsp3) is 0.250. The molecular weight excluding hydrogens is 341 g/mol. The lowest BCUT2D eigenvalue weighted by atomic mass is 9.95. The Kier molecular flexibility index (Phi) is 5.19. The molecule has 0 saturated heterocycles. The summed E-state index contributed by atoms with van der Waals surface area (Å²) in [6.45, 7) is 2.07. The highest BCUT2D eigenvalue weighted by molar-refractivity contribution is 9.10. The summed E-state index contributed by atoms with van der Waals surface area (Å²) in [6.07, 6.45) is 0.648. The predicted molar refractivity (Wildman–Crippen MR) is 85.8 cm³/mol. The van der Waals surface area contributed by atoms with Gasteiger partial charge in [-0.25, -0.2) is 4.39 Å². The molecule has 0 saturated carbocycles. The highest BCUT2D eigenvalue weighted by Gasteiger charge is 2.15. The van der Waals surface area contributed by atoms with Gasteiger partial charge in [-0.3, -0.25) is 0 Å². The summed E-state index contributed by atoms with van der Waals surface area (Å²) in [5, 5.41) is 3.49. The average molecular weight is 357 g/mol. The van der Waals surface area contributed by atoms with Crippen molar-refractivity contribution < 1.29 is 4.39 Å². The number of halogens is 3. The van der Waals surface area contributed by atoms with Crippen LogP contribution in [0, 0.1) is 12.7 Å². The van der Waals surface area contributed by atoms with Crippen molar-refractivity contribution in [3.8, 4) is 0 Å². The molecule has 1 nitrogen and oxygen atoms in total. The zero-order valence-electron chi connectivity index (χ0n) is 11.4. The van der Waals surface area contributed by atoms with Crippen molar-refractivity contribution >= 4 is 27.5 Å². The molecule has 0 fully saturated rings. The highest BCUT2D eigenvalue weighted by atomic mass is 79.9. The van der Waals surface area contributed by atoms with Gasteiger partial charge in [0.25, 0.3) is 0 Å². The standard InChI is InChI=1S/C16H16BrClFN/c1-10-8-12(17)6-7-13(10)15(20-2)9-11-4-3-5-14(19)16(11)18/h3-8,15,20H,9H2,1-2H3. The maximum absolute atomic E-state index is 13.5. The molecular formula is C16H16BrClFN. The fourth-order valence-electron chi connectivity index (χ4n) is 2.32. The van der Waals surface area contributed by atoms with Crippen LogP contribution < -0.4 is 5.32 Å². The molecule has 0 aliphatic carbocycles. The molecule has 0 aliphatic heterocycles. The van der Waals surface area contributed by atoms with Gasteiger partial charge in [0.15, 0.2) is 0 Å². The number of hydrogen-bond acceptors (Lipinski definition) is 1. The molecule has 2 aromatic carbocycles. The van der Waals surface area contributed by atoms with Gasteiger partial charge >= 0.3 is 0 Å². The van der Waals surface area contributed by atoms with Crippen molar-refractivity contribution in [1.82, 2.24) is 5.32 Å². The van der Waals surface area contributed by atoms with Crippen LogP contribution in [-0.2, 0) is 6.42 Å². The summed E-state index contributed by atoms with van der Waals surface area (Å²) in [7, 11) is 1.90. The first-order valence-corrected chi connectivity index (χ1v) is 7.56. The van der Waals surface area contributed by atoms with Gasteiger partial charge in [0.2, 0.25) is 0 Å². The smallest absolute Gasteiger partial charge is 0.142 e. The second-order valence-electron chi connectivity index (χ2n) is 4.76. The fourth-order valence-corrected chi connectivity index (χ4v) is 3.00. The molecule has 0 heterocycles. The Balaban J connectivity index is 2.31. The molecule has 106 valence electrons. The summed E-state index contributed by atoms with van der Waals surface area (Å²) in [5.74, 6) is -0.369. The lowest BCUT2D eigenvalue weighted by Gasteiger charge is -2.20. The topological polar surface area (TPSA) is 12.0 Å². The zero-order valence-corrected chi connectivity index (χ0v) is 13.7. The van der Waals surface area contributed by atoms with Crippen molar-refractivity contribution in [2.45, 2.75) is 19.4 Å². The summed E-state index contributed by atoms with van der Waals surface area (Å²) >= 11 is 9.50. The van der Waals surface area contributed by atoms with E-state index in [0.29, 0.717) is 6.42 Å². The van der Waals surface area contributed by atoms with Crippen LogP contribution in [0.1, 0.15) is 22.7 Å². The Morgan fingerprint density at radius 3 is 2.70 bits per heavy atom. The van der Waals surface area contributed by atoms with Crippen LogP contribution in [0.2, 0.25) is 5.02 Å². The number of rotatable bonds is 4. The summed E-state index contributed by atoms with van der Waals surface area (Å²) in [4.78, 5) is 0. The van der Waals surface area contributed by atoms with Gasteiger partial charge in [-0.15, -0.1) is 0 Å². The number of benzene rings is 2. The van der Waals surface area contributed by atoms with E-state index in [2.05, 4.69) is 40.3 Å². The van der Waals surface area contributed by atoms with Crippen LogP contribution >= 0.6 is 27.5 Å². The van der Waals surface area contributed by atoms with E-state index in [0.717, 1.165) is 10.0 Å². The van der Waals surface area contributed by atoms with E-state index in [1.807, 2.05) is 19.2 Å². The van der Waals surface area contributed by atoms with Crippen molar-refractivity contribution in [1.29, 1.82) is 0 Å². The number of hydrogen-bond donors (Lipinski definition) is 1. The molecule has 4 heteroatoms. The monoisotopic (exact) mass is 355 g/mol. The van der Waals surface area contributed by atoms with E-state index < -0.39 is 0 Å². The van der Waals surface area contributed by atoms with E-state index in [-0.39, 0.29) is 16.9 Å². The van der Waals surface area contributed by atoms with Crippen LogP contribution in [0.15, 0.2) is 40.9 Å². The lowest BCUT2D eigenvalue weighted by Crippen LogP contribution is -2.20. The molecule has 2 aromatic rings. The number of likely N-dealkylation sites (N-methyl/N-ethyl adjacent to an activating group) is 1. The van der Waals surface area contributed by atoms with Crippen LogP contribution in [0.25, 0.3) is 0 Å². The maximum Gasteiger partial charge on any atom is 0.142 e. The largest absolute Gasteiger partial charge is 0.313 e. The third kappa shape index (κ3) is 3.40. The Morgan fingerprint density at radius 1 is 1.30 bits per heavy atom. The van der Waals surface area contributed by atoms with Crippen LogP contribution in [0.4, 0.5) is 4.39 Å². The van der Waals surface area contributed by atoms with Gasteiger partial charge in [-0.05, 0) is 55.3 Å². The van der Waals surface area contributed by atoms with Gasteiger partial charge in [-0.2, -0.15) is 0 Å². The molecule has 2 rings (SSSR count). The third-order valence-electron chi connectivity index (χ3n) is 3.41. The summed E-state index contributed by atoms with van der Waals surface area (Å²) in [5.41, 5.74) is 3.19. The molecule has 0 spiro atoms. The molecule has 0 bridgehead atoms. The molecule has 20 heavy (non-hydrogen) atoms.